The lowest BCUT2D eigenvalue weighted by Gasteiger charge is -2.29. The molecule has 4 heteroatoms. The predicted molar refractivity (Wildman–Crippen MR) is 87.8 cm³/mol. The Morgan fingerprint density at radius 2 is 2.05 bits per heavy atom. The molecular weight excluding hydrogens is 260 g/mol. The van der Waals surface area contributed by atoms with Gasteiger partial charge < -0.3 is 15.2 Å². The molecule has 0 radical (unpaired) electrons. The third-order valence-electron chi connectivity index (χ3n) is 4.74. The van der Waals surface area contributed by atoms with Crippen molar-refractivity contribution in [2.24, 2.45) is 0 Å². The van der Waals surface area contributed by atoms with E-state index in [1.165, 1.54) is 37.1 Å². The van der Waals surface area contributed by atoms with Gasteiger partial charge in [0.05, 0.1) is 11.0 Å². The molecule has 21 heavy (non-hydrogen) atoms. The Morgan fingerprint density at radius 1 is 1.29 bits per heavy atom. The molecule has 0 bridgehead atoms. The normalized spacial score (nSPS) is 17.7. The van der Waals surface area contributed by atoms with Crippen molar-refractivity contribution in [3.8, 4) is 0 Å². The van der Waals surface area contributed by atoms with Crippen LogP contribution in [0.5, 0.6) is 0 Å². The summed E-state index contributed by atoms with van der Waals surface area (Å²) in [5, 5.41) is 3.67. The predicted octanol–water partition coefficient (Wildman–Crippen LogP) is 2.41. The van der Waals surface area contributed by atoms with E-state index in [1.807, 2.05) is 0 Å². The number of aromatic nitrogens is 2. The Labute approximate surface area is 126 Å². The first-order valence-electron chi connectivity index (χ1n) is 8.00. The van der Waals surface area contributed by atoms with Crippen molar-refractivity contribution in [3.63, 3.8) is 0 Å². The zero-order chi connectivity index (χ0) is 14.8. The van der Waals surface area contributed by atoms with Gasteiger partial charge in [0.25, 0.3) is 0 Å². The molecule has 114 valence electrons. The average molecular weight is 286 g/mol. The van der Waals surface area contributed by atoms with Gasteiger partial charge in [0, 0.05) is 19.0 Å². The van der Waals surface area contributed by atoms with Crippen molar-refractivity contribution in [3.05, 3.63) is 29.1 Å². The third kappa shape index (κ3) is 3.27. The van der Waals surface area contributed by atoms with Crippen LogP contribution in [0.3, 0.4) is 0 Å². The molecule has 1 aromatic heterocycles. The van der Waals surface area contributed by atoms with Crippen LogP contribution >= 0.6 is 0 Å². The van der Waals surface area contributed by atoms with Gasteiger partial charge in [-0.1, -0.05) is 6.07 Å². The number of nitrogens with one attached hydrogen (secondary N) is 2. The molecule has 2 N–H and O–H groups in total. The van der Waals surface area contributed by atoms with Gasteiger partial charge >= 0.3 is 0 Å². The molecule has 1 aromatic carbocycles. The number of hydrogen-bond donors (Lipinski definition) is 2. The first-order valence-corrected chi connectivity index (χ1v) is 8.00. The lowest BCUT2D eigenvalue weighted by Crippen LogP contribution is -2.41. The van der Waals surface area contributed by atoms with Crippen LogP contribution < -0.4 is 5.32 Å². The number of nitrogens with zero attached hydrogens (tertiary/aromatic N) is 2. The van der Waals surface area contributed by atoms with Crippen molar-refractivity contribution in [2.45, 2.75) is 39.2 Å². The number of piperidine rings is 1. The number of imidazole rings is 1. The lowest BCUT2D eigenvalue weighted by molar-refractivity contribution is 0.235. The average Bonchev–Trinajstić information content (AvgIpc) is 2.89. The molecule has 3 rings (SSSR count). The Hall–Kier alpha value is -1.39. The zero-order valence-corrected chi connectivity index (χ0v) is 13.4. The van der Waals surface area contributed by atoms with E-state index in [1.54, 1.807) is 0 Å². The van der Waals surface area contributed by atoms with Crippen molar-refractivity contribution >= 4 is 11.0 Å². The van der Waals surface area contributed by atoms with Crippen LogP contribution in [0.1, 0.15) is 29.8 Å². The molecule has 0 amide bonds. The second-order valence-electron chi connectivity index (χ2n) is 6.37. The fourth-order valence-electron chi connectivity index (χ4n) is 3.09. The molecule has 2 aromatic rings. The van der Waals surface area contributed by atoms with Crippen LogP contribution in [0.25, 0.3) is 11.0 Å². The van der Waals surface area contributed by atoms with Gasteiger partial charge in [-0.15, -0.1) is 0 Å². The van der Waals surface area contributed by atoms with Crippen LogP contribution in [0.15, 0.2) is 12.1 Å². The number of benzene rings is 1. The van der Waals surface area contributed by atoms with Gasteiger partial charge in [0.2, 0.25) is 0 Å². The van der Waals surface area contributed by atoms with Crippen LogP contribution in [-0.2, 0) is 6.42 Å². The van der Waals surface area contributed by atoms with Crippen molar-refractivity contribution in [1.82, 2.24) is 20.2 Å². The molecule has 1 fully saturated rings. The molecule has 0 spiro atoms. The van der Waals surface area contributed by atoms with Gasteiger partial charge in [-0.2, -0.15) is 0 Å². The maximum absolute atomic E-state index is 4.76. The second-order valence-corrected chi connectivity index (χ2v) is 6.37. The minimum absolute atomic E-state index is 0.676. The van der Waals surface area contributed by atoms with E-state index >= 15 is 0 Å². The van der Waals surface area contributed by atoms with E-state index in [2.05, 4.69) is 48.2 Å². The van der Waals surface area contributed by atoms with Crippen LogP contribution in [0.2, 0.25) is 0 Å². The summed E-state index contributed by atoms with van der Waals surface area (Å²) in [6, 6.07) is 4.98. The first kappa shape index (κ1) is 14.5. The number of rotatable bonds is 4. The summed E-state index contributed by atoms with van der Waals surface area (Å²) in [5.41, 5.74) is 4.89. The number of fused-ring (bicyclic) bond motifs is 1. The number of aryl methyl sites for hydroxylation is 2. The third-order valence-corrected chi connectivity index (χ3v) is 4.74. The Kier molecular flexibility index (Phi) is 4.27. The van der Waals surface area contributed by atoms with Gasteiger partial charge in [0.15, 0.2) is 0 Å². The van der Waals surface area contributed by atoms with Gasteiger partial charge in [-0.3, -0.25) is 0 Å². The molecule has 2 heterocycles. The van der Waals surface area contributed by atoms with E-state index < -0.39 is 0 Å². The highest BCUT2D eigenvalue weighted by Crippen LogP contribution is 2.19. The number of H-pyrrole nitrogens is 1. The molecule has 0 unspecified atom stereocenters. The minimum Gasteiger partial charge on any atom is -0.342 e. The van der Waals surface area contributed by atoms with Crippen molar-refractivity contribution in [2.75, 3.05) is 26.7 Å². The molecule has 1 aliphatic heterocycles. The smallest absolute Gasteiger partial charge is 0.108 e. The summed E-state index contributed by atoms with van der Waals surface area (Å²) >= 11 is 0. The molecule has 0 atom stereocenters. The second kappa shape index (κ2) is 6.16. The quantitative estimate of drug-likeness (QED) is 0.907. The summed E-state index contributed by atoms with van der Waals surface area (Å²) in [7, 11) is 2.20. The van der Waals surface area contributed by atoms with E-state index in [4.69, 9.17) is 4.98 Å². The van der Waals surface area contributed by atoms with E-state index in [0.29, 0.717) is 6.04 Å². The highest BCUT2D eigenvalue weighted by atomic mass is 15.1. The largest absolute Gasteiger partial charge is 0.342 e. The van der Waals surface area contributed by atoms with Crippen molar-refractivity contribution in [1.29, 1.82) is 0 Å². The van der Waals surface area contributed by atoms with Gasteiger partial charge in [-0.05, 0) is 64.0 Å². The van der Waals surface area contributed by atoms with Gasteiger partial charge in [0.1, 0.15) is 5.82 Å². The van der Waals surface area contributed by atoms with E-state index in [0.717, 1.165) is 29.8 Å². The van der Waals surface area contributed by atoms with Crippen LogP contribution in [0, 0.1) is 13.8 Å². The van der Waals surface area contributed by atoms with Gasteiger partial charge in [-0.25, -0.2) is 4.98 Å². The van der Waals surface area contributed by atoms with Crippen LogP contribution in [0.4, 0.5) is 0 Å². The Balaban J connectivity index is 1.57. The Morgan fingerprint density at radius 3 is 2.81 bits per heavy atom. The number of aromatic amines is 1. The first-order chi connectivity index (χ1) is 10.1. The van der Waals surface area contributed by atoms with E-state index in [-0.39, 0.29) is 0 Å². The highest BCUT2D eigenvalue weighted by Gasteiger charge is 2.15. The lowest BCUT2D eigenvalue weighted by atomic mass is 10.1. The van der Waals surface area contributed by atoms with Crippen LogP contribution in [-0.4, -0.2) is 47.6 Å². The summed E-state index contributed by atoms with van der Waals surface area (Å²) in [6.07, 6.45) is 3.49. The Bertz CT molecular complexity index is 609. The summed E-state index contributed by atoms with van der Waals surface area (Å²) in [5.74, 6) is 1.10. The molecule has 4 nitrogen and oxygen atoms in total. The molecule has 1 aliphatic rings. The zero-order valence-electron chi connectivity index (χ0n) is 13.4. The maximum Gasteiger partial charge on any atom is 0.108 e. The number of hydrogen-bond acceptors (Lipinski definition) is 3. The monoisotopic (exact) mass is 286 g/mol. The molecule has 0 saturated carbocycles. The molecule has 0 aliphatic carbocycles. The summed E-state index contributed by atoms with van der Waals surface area (Å²) < 4.78 is 0. The fourth-order valence-corrected chi connectivity index (χ4v) is 3.09. The highest BCUT2D eigenvalue weighted by molar-refractivity contribution is 5.79. The molecule has 1 saturated heterocycles. The standard InChI is InChI=1S/C17H26N4/c1-12-4-5-15-17(13(12)2)20-16(19-15)6-9-18-14-7-10-21(3)11-8-14/h4-5,14,18H,6-11H2,1-3H3,(H,19,20). The summed E-state index contributed by atoms with van der Waals surface area (Å²) in [4.78, 5) is 10.6. The maximum atomic E-state index is 4.76. The van der Waals surface area contributed by atoms with E-state index in [9.17, 15) is 0 Å². The fraction of sp³-hybridized carbons (Fsp3) is 0.588. The SMILES string of the molecule is Cc1ccc2[nH]c(CCNC3CCN(C)CC3)nc2c1C. The minimum atomic E-state index is 0.676. The molecular formula is C17H26N4. The summed E-state index contributed by atoms with van der Waals surface area (Å²) in [6.45, 7) is 7.72. The topological polar surface area (TPSA) is 44.0 Å². The number of likely N-dealkylation sites (tertiary alicyclic amines) is 1. The van der Waals surface area contributed by atoms with Crippen molar-refractivity contribution < 1.29 is 0 Å².